The average molecular weight is 397 g/mol. The van der Waals surface area contributed by atoms with Crippen molar-refractivity contribution in [1.29, 1.82) is 5.26 Å². The summed E-state index contributed by atoms with van der Waals surface area (Å²) in [6.45, 7) is 8.64. The molecule has 1 aromatic carbocycles. The van der Waals surface area contributed by atoms with Gasteiger partial charge in [-0.2, -0.15) is 5.26 Å². The van der Waals surface area contributed by atoms with Crippen LogP contribution in [0.25, 0.3) is 10.8 Å². The molecular formula is C20H24N6OS. The van der Waals surface area contributed by atoms with E-state index < -0.39 is 0 Å². The second-order valence-corrected chi connectivity index (χ2v) is 7.14. The van der Waals surface area contributed by atoms with Gasteiger partial charge in [0.15, 0.2) is 0 Å². The van der Waals surface area contributed by atoms with E-state index in [2.05, 4.69) is 45.6 Å². The van der Waals surface area contributed by atoms with E-state index in [9.17, 15) is 0 Å². The van der Waals surface area contributed by atoms with Crippen molar-refractivity contribution in [2.75, 3.05) is 36.8 Å². The molecular weight excluding hydrogens is 372 g/mol. The predicted molar refractivity (Wildman–Crippen MR) is 113 cm³/mol. The summed E-state index contributed by atoms with van der Waals surface area (Å²) in [6.07, 6.45) is 1.11. The first-order valence-corrected chi connectivity index (χ1v) is 10.3. The van der Waals surface area contributed by atoms with Gasteiger partial charge in [0.2, 0.25) is 0 Å². The molecule has 0 amide bonds. The van der Waals surface area contributed by atoms with Crippen molar-refractivity contribution in [2.24, 2.45) is 0 Å². The zero-order chi connectivity index (χ0) is 19.8. The molecule has 0 saturated heterocycles. The number of rotatable bonds is 10. The van der Waals surface area contributed by atoms with E-state index in [4.69, 9.17) is 9.68 Å². The number of aromatic nitrogens is 2. The van der Waals surface area contributed by atoms with Crippen LogP contribution in [0.2, 0.25) is 0 Å². The van der Waals surface area contributed by atoms with Gasteiger partial charge in [-0.05, 0) is 56.4 Å². The first-order valence-electron chi connectivity index (χ1n) is 9.37. The minimum Gasteiger partial charge on any atom is -0.402 e. The topological polar surface area (TPSA) is 90.0 Å². The van der Waals surface area contributed by atoms with Gasteiger partial charge >= 0.3 is 6.01 Å². The van der Waals surface area contributed by atoms with Crippen LogP contribution < -0.4 is 10.6 Å². The maximum atomic E-state index is 8.91. The van der Waals surface area contributed by atoms with Gasteiger partial charge in [-0.3, -0.25) is 0 Å². The molecule has 0 atom stereocenters. The van der Waals surface area contributed by atoms with Gasteiger partial charge in [-0.25, -0.2) is 0 Å². The third kappa shape index (κ3) is 5.31. The molecule has 0 saturated carbocycles. The molecule has 7 nitrogen and oxygen atoms in total. The van der Waals surface area contributed by atoms with Crippen molar-refractivity contribution < 1.29 is 4.42 Å². The molecule has 0 aliphatic rings. The molecule has 28 heavy (non-hydrogen) atoms. The van der Waals surface area contributed by atoms with Crippen LogP contribution in [0.5, 0.6) is 0 Å². The Kier molecular flexibility index (Phi) is 7.00. The first-order chi connectivity index (χ1) is 13.7. The van der Waals surface area contributed by atoms with Crippen LogP contribution in [-0.4, -0.2) is 41.3 Å². The predicted octanol–water partition coefficient (Wildman–Crippen LogP) is 4.56. The van der Waals surface area contributed by atoms with E-state index >= 15 is 0 Å². The Morgan fingerprint density at radius 1 is 1.14 bits per heavy atom. The maximum absolute atomic E-state index is 8.91. The summed E-state index contributed by atoms with van der Waals surface area (Å²) in [5.74, 6) is 0.403. The number of anilines is 3. The molecule has 0 radical (unpaired) electrons. The van der Waals surface area contributed by atoms with Gasteiger partial charge in [0.05, 0.1) is 10.4 Å². The summed E-state index contributed by atoms with van der Waals surface area (Å²) in [4.78, 5) is 3.20. The van der Waals surface area contributed by atoms with Crippen molar-refractivity contribution in [3.63, 3.8) is 0 Å². The van der Waals surface area contributed by atoms with Crippen LogP contribution in [0.3, 0.4) is 0 Å². The Hall–Kier alpha value is -2.89. The van der Waals surface area contributed by atoms with E-state index in [1.165, 1.54) is 11.3 Å². The lowest BCUT2D eigenvalue weighted by atomic mass is 10.2. The monoisotopic (exact) mass is 396 g/mol. The molecule has 2 heterocycles. The Balaban J connectivity index is 1.50. The molecule has 2 aromatic heterocycles. The van der Waals surface area contributed by atoms with Gasteiger partial charge in [0, 0.05) is 23.3 Å². The van der Waals surface area contributed by atoms with Crippen LogP contribution >= 0.6 is 11.3 Å². The van der Waals surface area contributed by atoms with Crippen LogP contribution in [-0.2, 0) is 0 Å². The number of nitrogens with one attached hydrogen (secondary N) is 2. The summed E-state index contributed by atoms with van der Waals surface area (Å²) in [6, 6.07) is 12.1. The summed E-state index contributed by atoms with van der Waals surface area (Å²) >= 11 is 1.40. The lowest BCUT2D eigenvalue weighted by Gasteiger charge is -2.17. The number of benzene rings is 1. The standard InChI is InChI=1S/C20H24N6OS/c1-3-26(4-2)11-5-10-22-16-6-8-17(9-7-16)23-20-25-24-19(27-20)18-12-15(13-21)14-28-18/h6-9,12,14,22H,3-5,10-11H2,1-2H3,(H,23,25). The number of nitriles is 1. The highest BCUT2D eigenvalue weighted by atomic mass is 32.1. The molecule has 0 bridgehead atoms. The fourth-order valence-electron chi connectivity index (χ4n) is 2.75. The highest BCUT2D eigenvalue weighted by Gasteiger charge is 2.11. The van der Waals surface area contributed by atoms with Crippen molar-refractivity contribution in [3.8, 4) is 16.8 Å². The molecule has 0 spiro atoms. The molecule has 2 N–H and O–H groups in total. The lowest BCUT2D eigenvalue weighted by Crippen LogP contribution is -2.25. The van der Waals surface area contributed by atoms with Crippen LogP contribution in [0, 0.1) is 11.3 Å². The van der Waals surface area contributed by atoms with Crippen LogP contribution in [0.1, 0.15) is 25.8 Å². The second-order valence-electron chi connectivity index (χ2n) is 6.23. The maximum Gasteiger partial charge on any atom is 0.320 e. The minimum atomic E-state index is 0.321. The smallest absolute Gasteiger partial charge is 0.320 e. The normalized spacial score (nSPS) is 10.8. The van der Waals surface area contributed by atoms with Crippen molar-refractivity contribution in [3.05, 3.63) is 41.3 Å². The molecule has 3 rings (SSSR count). The molecule has 146 valence electrons. The number of thiophene rings is 1. The lowest BCUT2D eigenvalue weighted by molar-refractivity contribution is 0.303. The quantitative estimate of drug-likeness (QED) is 0.486. The SMILES string of the molecule is CCN(CC)CCCNc1ccc(Nc2nnc(-c3cc(C#N)cs3)o2)cc1. The number of hydrogen-bond donors (Lipinski definition) is 2. The molecule has 0 aliphatic carbocycles. The highest BCUT2D eigenvalue weighted by Crippen LogP contribution is 2.28. The number of hydrogen-bond acceptors (Lipinski definition) is 8. The average Bonchev–Trinajstić information content (AvgIpc) is 3.38. The Bertz CT molecular complexity index is 907. The Labute approximate surface area is 169 Å². The Morgan fingerprint density at radius 2 is 1.89 bits per heavy atom. The van der Waals surface area contributed by atoms with Crippen molar-refractivity contribution in [2.45, 2.75) is 20.3 Å². The zero-order valence-electron chi connectivity index (χ0n) is 16.1. The third-order valence-electron chi connectivity index (χ3n) is 4.38. The second kappa shape index (κ2) is 9.88. The van der Waals surface area contributed by atoms with Gasteiger partial charge in [0.25, 0.3) is 5.89 Å². The van der Waals surface area contributed by atoms with Gasteiger partial charge in [-0.1, -0.05) is 18.9 Å². The largest absolute Gasteiger partial charge is 0.402 e. The first kappa shape index (κ1) is 19.9. The summed E-state index contributed by atoms with van der Waals surface area (Å²) in [5, 5.41) is 25.3. The third-order valence-corrected chi connectivity index (χ3v) is 5.29. The number of nitrogens with zero attached hydrogens (tertiary/aromatic N) is 4. The van der Waals surface area contributed by atoms with Crippen molar-refractivity contribution >= 4 is 28.7 Å². The molecule has 8 heteroatoms. The van der Waals surface area contributed by atoms with Gasteiger partial charge in [-0.15, -0.1) is 16.4 Å². The Morgan fingerprint density at radius 3 is 2.57 bits per heavy atom. The van der Waals surface area contributed by atoms with E-state index in [0.717, 1.165) is 48.9 Å². The van der Waals surface area contributed by atoms with E-state index in [1.54, 1.807) is 11.4 Å². The summed E-state index contributed by atoms with van der Waals surface area (Å²) in [5.41, 5.74) is 2.54. The highest BCUT2D eigenvalue weighted by molar-refractivity contribution is 7.13. The van der Waals surface area contributed by atoms with Crippen LogP contribution in [0.15, 0.2) is 40.1 Å². The van der Waals surface area contributed by atoms with Gasteiger partial charge in [0.1, 0.15) is 6.07 Å². The molecule has 0 unspecified atom stereocenters. The fourth-order valence-corrected chi connectivity index (χ4v) is 3.50. The summed E-state index contributed by atoms with van der Waals surface area (Å²) < 4.78 is 5.63. The van der Waals surface area contributed by atoms with E-state index in [0.29, 0.717) is 17.5 Å². The van der Waals surface area contributed by atoms with Gasteiger partial charge < -0.3 is 20.0 Å². The summed E-state index contributed by atoms with van der Waals surface area (Å²) in [7, 11) is 0. The molecule has 3 aromatic rings. The molecule has 0 aliphatic heterocycles. The zero-order valence-corrected chi connectivity index (χ0v) is 16.9. The van der Waals surface area contributed by atoms with E-state index in [1.807, 2.05) is 24.3 Å². The minimum absolute atomic E-state index is 0.321. The van der Waals surface area contributed by atoms with E-state index in [-0.39, 0.29) is 0 Å². The molecule has 0 fully saturated rings. The van der Waals surface area contributed by atoms with Crippen molar-refractivity contribution in [1.82, 2.24) is 15.1 Å². The van der Waals surface area contributed by atoms with Crippen LogP contribution in [0.4, 0.5) is 17.4 Å². The fraction of sp³-hybridized carbons (Fsp3) is 0.350.